The lowest BCUT2D eigenvalue weighted by molar-refractivity contribution is -0.150. The molecular formula is C20H18N6O7S2. The van der Waals surface area contributed by atoms with Crippen LogP contribution in [0, 0.1) is 0 Å². The molecule has 1 aromatic carbocycles. The number of carboxylic acids is 1. The number of carbonyl (C=O) groups is 5. The quantitative estimate of drug-likeness (QED) is 0.180. The SMILES string of the molecule is NC(=O)c1n[nH]c(SCC2=C(C(=O)O)N3C(=O)C(NC(=O)Cc4ccccc4OC=O)[C@H]3SC2)n1. The van der Waals surface area contributed by atoms with Gasteiger partial charge in [0, 0.05) is 17.1 Å². The summed E-state index contributed by atoms with van der Waals surface area (Å²) in [4.78, 5) is 64.2. The molecule has 3 heterocycles. The lowest BCUT2D eigenvalue weighted by Gasteiger charge is -2.49. The fourth-order valence-corrected chi connectivity index (χ4v) is 5.87. The molecule has 3 amide bonds. The Balaban J connectivity index is 1.42. The smallest absolute Gasteiger partial charge is 0.352 e. The first-order valence-corrected chi connectivity index (χ1v) is 12.1. The molecule has 1 aromatic heterocycles. The van der Waals surface area contributed by atoms with Crippen LogP contribution in [0.4, 0.5) is 0 Å². The summed E-state index contributed by atoms with van der Waals surface area (Å²) < 4.78 is 4.86. The fraction of sp³-hybridized carbons (Fsp3) is 0.250. The van der Waals surface area contributed by atoms with Gasteiger partial charge >= 0.3 is 5.97 Å². The van der Waals surface area contributed by atoms with Crippen LogP contribution < -0.4 is 15.8 Å². The van der Waals surface area contributed by atoms with Gasteiger partial charge in [0.25, 0.3) is 18.3 Å². The highest BCUT2D eigenvalue weighted by atomic mass is 32.2. The summed E-state index contributed by atoms with van der Waals surface area (Å²) >= 11 is 2.44. The highest BCUT2D eigenvalue weighted by Gasteiger charge is 2.54. The van der Waals surface area contributed by atoms with Crippen LogP contribution in [0.15, 0.2) is 40.7 Å². The van der Waals surface area contributed by atoms with Gasteiger partial charge in [-0.1, -0.05) is 30.0 Å². The number of primary amides is 1. The van der Waals surface area contributed by atoms with E-state index in [2.05, 4.69) is 20.5 Å². The van der Waals surface area contributed by atoms with Crippen molar-refractivity contribution >= 4 is 53.7 Å². The summed E-state index contributed by atoms with van der Waals surface area (Å²) in [6.07, 6.45) is -0.126. The highest BCUT2D eigenvalue weighted by molar-refractivity contribution is 8.01. The van der Waals surface area contributed by atoms with Crippen molar-refractivity contribution < 1.29 is 33.8 Å². The van der Waals surface area contributed by atoms with Crippen molar-refractivity contribution in [3.8, 4) is 5.75 Å². The van der Waals surface area contributed by atoms with Crippen molar-refractivity contribution in [1.29, 1.82) is 0 Å². The zero-order chi connectivity index (χ0) is 25.1. The number of amides is 3. The molecule has 182 valence electrons. The lowest BCUT2D eigenvalue weighted by atomic mass is 10.0. The van der Waals surface area contributed by atoms with Crippen molar-refractivity contribution in [2.24, 2.45) is 5.73 Å². The highest BCUT2D eigenvalue weighted by Crippen LogP contribution is 2.41. The van der Waals surface area contributed by atoms with E-state index in [0.29, 0.717) is 16.9 Å². The molecular weight excluding hydrogens is 500 g/mol. The van der Waals surface area contributed by atoms with E-state index in [1.165, 1.54) is 11.8 Å². The number of carboxylic acid groups (broad SMARTS) is 1. The number of hydrogen-bond donors (Lipinski definition) is 4. The van der Waals surface area contributed by atoms with Crippen LogP contribution in [0.1, 0.15) is 16.2 Å². The second-order valence-electron chi connectivity index (χ2n) is 7.33. The van der Waals surface area contributed by atoms with Gasteiger partial charge in [-0.25, -0.2) is 4.79 Å². The number of H-pyrrole nitrogens is 1. The third kappa shape index (κ3) is 5.00. The van der Waals surface area contributed by atoms with Gasteiger partial charge < -0.3 is 20.9 Å². The molecule has 1 fully saturated rings. The molecule has 0 spiro atoms. The first kappa shape index (κ1) is 24.3. The summed E-state index contributed by atoms with van der Waals surface area (Å²) in [6, 6.07) is 5.62. The van der Waals surface area contributed by atoms with Crippen molar-refractivity contribution in [2.45, 2.75) is 23.0 Å². The number of β-lactam (4-membered cyclic amide) rings is 1. The predicted molar refractivity (Wildman–Crippen MR) is 122 cm³/mol. The summed E-state index contributed by atoms with van der Waals surface area (Å²) in [7, 11) is 0. The number of rotatable bonds is 10. The first-order chi connectivity index (χ1) is 16.8. The van der Waals surface area contributed by atoms with Crippen molar-refractivity contribution in [1.82, 2.24) is 25.4 Å². The zero-order valence-corrected chi connectivity index (χ0v) is 19.4. The number of aliphatic carboxylic acids is 1. The van der Waals surface area contributed by atoms with E-state index in [1.54, 1.807) is 24.3 Å². The molecule has 2 atom stereocenters. The van der Waals surface area contributed by atoms with Crippen molar-refractivity contribution in [3.05, 3.63) is 46.9 Å². The van der Waals surface area contributed by atoms with Gasteiger partial charge in [-0.15, -0.1) is 16.9 Å². The normalized spacial score (nSPS) is 19.0. The van der Waals surface area contributed by atoms with Crippen molar-refractivity contribution in [3.63, 3.8) is 0 Å². The Morgan fingerprint density at radius 1 is 1.37 bits per heavy atom. The number of aromatic amines is 1. The standard InChI is InChI=1S/C20H18N6O7S2/c21-15(29)16-23-20(25-24-16)35-7-10-6-34-18-13(17(30)26(18)14(10)19(31)32)22-12(28)5-9-3-1-2-4-11(9)33-8-27/h1-4,8,13,18H,5-7H2,(H2,21,29)(H,22,28)(H,31,32)(H,23,24,25)/t13?,18-/m1/s1. The van der Waals surface area contributed by atoms with E-state index in [1.807, 2.05) is 0 Å². The van der Waals surface area contributed by atoms with E-state index in [4.69, 9.17) is 10.5 Å². The minimum atomic E-state index is -1.26. The second kappa shape index (κ2) is 10.2. The van der Waals surface area contributed by atoms with Gasteiger partial charge in [-0.05, 0) is 11.6 Å². The first-order valence-electron chi connectivity index (χ1n) is 10.0. The van der Waals surface area contributed by atoms with E-state index < -0.39 is 35.1 Å². The molecule has 2 aromatic rings. The zero-order valence-electron chi connectivity index (χ0n) is 17.8. The second-order valence-corrected chi connectivity index (χ2v) is 9.40. The molecule has 0 radical (unpaired) electrons. The monoisotopic (exact) mass is 518 g/mol. The van der Waals surface area contributed by atoms with Crippen LogP contribution in [-0.4, -0.2) is 78.3 Å². The molecule has 0 saturated carbocycles. The Labute approximate surface area is 205 Å². The topological polar surface area (TPSA) is 198 Å². The van der Waals surface area contributed by atoms with Crippen LogP contribution in [0.5, 0.6) is 5.75 Å². The number of aromatic nitrogens is 3. The average molecular weight is 519 g/mol. The van der Waals surface area contributed by atoms with Gasteiger partial charge in [0.15, 0.2) is 5.16 Å². The number of nitrogens with zero attached hydrogens (tertiary/aromatic N) is 3. The largest absolute Gasteiger partial charge is 0.477 e. The lowest BCUT2D eigenvalue weighted by Crippen LogP contribution is -2.70. The minimum Gasteiger partial charge on any atom is -0.477 e. The molecule has 1 saturated heterocycles. The Hall–Kier alpha value is -3.85. The molecule has 2 aliphatic rings. The third-order valence-electron chi connectivity index (χ3n) is 5.13. The molecule has 5 N–H and O–H groups in total. The maximum absolute atomic E-state index is 12.8. The Bertz CT molecular complexity index is 1250. The summed E-state index contributed by atoms with van der Waals surface area (Å²) in [5.74, 6) is -2.53. The molecule has 0 bridgehead atoms. The maximum Gasteiger partial charge on any atom is 0.352 e. The van der Waals surface area contributed by atoms with Crippen LogP contribution in [-0.2, 0) is 25.6 Å². The summed E-state index contributed by atoms with van der Waals surface area (Å²) in [5.41, 5.74) is 5.93. The summed E-state index contributed by atoms with van der Waals surface area (Å²) in [5, 5.41) is 18.3. The Morgan fingerprint density at radius 2 is 2.14 bits per heavy atom. The van der Waals surface area contributed by atoms with E-state index in [0.717, 1.165) is 16.7 Å². The Kier molecular flexibility index (Phi) is 7.07. The fourth-order valence-electron chi connectivity index (χ4n) is 3.59. The number of fused-ring (bicyclic) bond motifs is 1. The number of benzene rings is 1. The number of nitrogens with one attached hydrogen (secondary N) is 2. The number of ether oxygens (including phenoxy) is 1. The molecule has 35 heavy (non-hydrogen) atoms. The van der Waals surface area contributed by atoms with Crippen LogP contribution in [0.2, 0.25) is 0 Å². The van der Waals surface area contributed by atoms with Crippen molar-refractivity contribution in [2.75, 3.05) is 11.5 Å². The minimum absolute atomic E-state index is 0.126. The number of nitrogens with two attached hydrogens (primary N) is 1. The average Bonchev–Trinajstić information content (AvgIpc) is 3.31. The van der Waals surface area contributed by atoms with Crippen LogP contribution >= 0.6 is 23.5 Å². The maximum atomic E-state index is 12.8. The molecule has 13 nitrogen and oxygen atoms in total. The van der Waals surface area contributed by atoms with Gasteiger partial charge in [0.2, 0.25) is 11.7 Å². The van der Waals surface area contributed by atoms with Gasteiger partial charge in [-0.3, -0.25) is 29.2 Å². The molecule has 4 rings (SSSR count). The number of hydrogen-bond acceptors (Lipinski definition) is 10. The van der Waals surface area contributed by atoms with Gasteiger partial charge in [-0.2, -0.15) is 4.98 Å². The molecule has 1 unspecified atom stereocenters. The molecule has 0 aliphatic carbocycles. The third-order valence-corrected chi connectivity index (χ3v) is 7.42. The Morgan fingerprint density at radius 3 is 2.83 bits per heavy atom. The van der Waals surface area contributed by atoms with Gasteiger partial charge in [0.1, 0.15) is 22.9 Å². The van der Waals surface area contributed by atoms with E-state index >= 15 is 0 Å². The molecule has 15 heteroatoms. The van der Waals surface area contributed by atoms with Crippen LogP contribution in [0.3, 0.4) is 0 Å². The van der Waals surface area contributed by atoms with Crippen LogP contribution in [0.25, 0.3) is 0 Å². The summed E-state index contributed by atoms with van der Waals surface area (Å²) in [6.45, 7) is 0.261. The number of para-hydroxylation sites is 1. The number of thioether (sulfide) groups is 2. The number of carbonyl (C=O) groups excluding carboxylic acids is 4. The van der Waals surface area contributed by atoms with E-state index in [-0.39, 0.29) is 41.1 Å². The van der Waals surface area contributed by atoms with Gasteiger partial charge in [0.05, 0.1) is 6.42 Å². The molecule has 2 aliphatic heterocycles. The predicted octanol–water partition coefficient (Wildman–Crippen LogP) is -0.488. The van der Waals surface area contributed by atoms with E-state index in [9.17, 15) is 29.1 Å².